The summed E-state index contributed by atoms with van der Waals surface area (Å²) in [4.78, 5) is 12.7. The first-order chi connectivity index (χ1) is 16.6. The van der Waals surface area contributed by atoms with Crippen LogP contribution in [0.1, 0.15) is 63.2 Å². The quantitative estimate of drug-likeness (QED) is 0.397. The van der Waals surface area contributed by atoms with Crippen LogP contribution in [0.5, 0.6) is 0 Å². The minimum atomic E-state index is -4.05. The van der Waals surface area contributed by atoms with Gasteiger partial charge >= 0.3 is 0 Å². The van der Waals surface area contributed by atoms with Crippen molar-refractivity contribution in [1.82, 2.24) is 9.46 Å². The minimum absolute atomic E-state index is 0.00745. The summed E-state index contributed by atoms with van der Waals surface area (Å²) in [5.74, 6) is -1.81. The lowest BCUT2D eigenvalue weighted by Gasteiger charge is -2.28. The molecule has 0 radical (unpaired) electrons. The number of rotatable bonds is 12. The molecule has 0 unspecified atom stereocenters. The van der Waals surface area contributed by atoms with Crippen molar-refractivity contribution in [3.05, 3.63) is 47.4 Å². The molecule has 10 nitrogen and oxygen atoms in total. The lowest BCUT2D eigenvalue weighted by molar-refractivity contribution is -0.113. The molecular weight excluding hydrogens is 494 g/mol. The lowest BCUT2D eigenvalue weighted by atomic mass is 10.1. The molecule has 3 rings (SSSR count). The molecule has 0 saturated carbocycles. The molecule has 1 aliphatic heterocycles. The van der Waals surface area contributed by atoms with E-state index in [0.29, 0.717) is 10.7 Å². The van der Waals surface area contributed by atoms with Crippen LogP contribution >= 0.6 is 0 Å². The standard InChI is InChI=1S/C23H31N3O7S2/c1-3-4-5-6-7-8-11-14-34(29,30)16-17-15-20(25-33-17)24-23(28)21-22(27)18-12-9-10-13-19(18)35(31,32)26(21)2/h9-10,12-13,15,27H,3-8,11,14,16H2,1-2H3,(H,24,25,28). The topological polar surface area (TPSA) is 147 Å². The lowest BCUT2D eigenvalue weighted by Crippen LogP contribution is -2.37. The van der Waals surface area contributed by atoms with Crippen LogP contribution in [-0.4, -0.2) is 50.1 Å². The highest BCUT2D eigenvalue weighted by molar-refractivity contribution is 7.90. The Bertz CT molecular complexity index is 1300. The number of sulfone groups is 1. The van der Waals surface area contributed by atoms with Gasteiger partial charge in [-0.2, -0.15) is 0 Å². The molecule has 0 bridgehead atoms. The second kappa shape index (κ2) is 11.3. The molecule has 0 atom stereocenters. The van der Waals surface area contributed by atoms with E-state index in [2.05, 4.69) is 17.4 Å². The molecule has 2 N–H and O–H groups in total. The van der Waals surface area contributed by atoms with E-state index >= 15 is 0 Å². The summed E-state index contributed by atoms with van der Waals surface area (Å²) in [6, 6.07) is 7.06. The van der Waals surface area contributed by atoms with Gasteiger partial charge in [0.25, 0.3) is 15.9 Å². The van der Waals surface area contributed by atoms with E-state index in [9.17, 15) is 26.7 Å². The van der Waals surface area contributed by atoms with Crippen molar-refractivity contribution < 1.29 is 31.3 Å². The van der Waals surface area contributed by atoms with E-state index in [1.54, 1.807) is 6.07 Å². The Labute approximate surface area is 206 Å². The summed E-state index contributed by atoms with van der Waals surface area (Å²) in [5, 5.41) is 16.6. The van der Waals surface area contributed by atoms with Crippen molar-refractivity contribution in [3.63, 3.8) is 0 Å². The number of aliphatic hydroxyl groups excluding tert-OH is 1. The Balaban J connectivity index is 1.62. The number of carbonyl (C=O) groups excluding carboxylic acids is 1. The highest BCUT2D eigenvalue weighted by Crippen LogP contribution is 2.34. The Morgan fingerprint density at radius 2 is 1.77 bits per heavy atom. The van der Waals surface area contributed by atoms with E-state index < -0.39 is 37.2 Å². The molecule has 2 aromatic rings. The average molecular weight is 526 g/mol. The van der Waals surface area contributed by atoms with Gasteiger partial charge in [0.15, 0.2) is 32.9 Å². The number of carbonyl (C=O) groups is 1. The molecule has 0 saturated heterocycles. The summed E-state index contributed by atoms with van der Waals surface area (Å²) in [6.07, 6.45) is 7.05. The summed E-state index contributed by atoms with van der Waals surface area (Å²) in [5.41, 5.74) is -0.479. The number of aromatic nitrogens is 1. The third kappa shape index (κ3) is 6.43. The van der Waals surface area contributed by atoms with Gasteiger partial charge in [0.2, 0.25) is 0 Å². The Morgan fingerprint density at radius 3 is 2.49 bits per heavy atom. The van der Waals surface area contributed by atoms with Gasteiger partial charge in [0.05, 0.1) is 10.6 Å². The summed E-state index contributed by atoms with van der Waals surface area (Å²) in [7, 11) is -6.31. The van der Waals surface area contributed by atoms with Gasteiger partial charge < -0.3 is 14.9 Å². The van der Waals surface area contributed by atoms with E-state index in [0.717, 1.165) is 32.7 Å². The van der Waals surface area contributed by atoms with Gasteiger partial charge in [-0.3, -0.25) is 9.10 Å². The minimum Gasteiger partial charge on any atom is -0.505 e. The predicted molar refractivity (Wildman–Crippen MR) is 132 cm³/mol. The molecule has 1 aromatic heterocycles. The first-order valence-electron chi connectivity index (χ1n) is 11.6. The van der Waals surface area contributed by atoms with Crippen LogP contribution < -0.4 is 5.32 Å². The van der Waals surface area contributed by atoms with Crippen LogP contribution in [0.4, 0.5) is 5.82 Å². The molecule has 35 heavy (non-hydrogen) atoms. The van der Waals surface area contributed by atoms with Crippen LogP contribution in [0, 0.1) is 0 Å². The molecule has 0 fully saturated rings. The zero-order valence-corrected chi connectivity index (χ0v) is 21.5. The second-order valence-electron chi connectivity index (χ2n) is 8.51. The maximum atomic E-state index is 12.8. The van der Waals surface area contributed by atoms with Crippen molar-refractivity contribution >= 4 is 37.3 Å². The van der Waals surface area contributed by atoms with Crippen molar-refractivity contribution in [3.8, 4) is 0 Å². The van der Waals surface area contributed by atoms with Crippen molar-refractivity contribution in [2.75, 3.05) is 18.1 Å². The van der Waals surface area contributed by atoms with E-state index in [-0.39, 0.29) is 33.5 Å². The highest BCUT2D eigenvalue weighted by atomic mass is 32.2. The number of anilines is 1. The molecular formula is C23H31N3O7S2. The summed E-state index contributed by atoms with van der Waals surface area (Å²) >= 11 is 0. The number of hydrogen-bond donors (Lipinski definition) is 2. The predicted octanol–water partition coefficient (Wildman–Crippen LogP) is 3.84. The number of sulfonamides is 1. The first kappa shape index (κ1) is 26.7. The molecule has 1 aromatic carbocycles. The van der Waals surface area contributed by atoms with E-state index in [1.165, 1.54) is 37.1 Å². The van der Waals surface area contributed by atoms with Gasteiger partial charge in [0, 0.05) is 18.7 Å². The number of fused-ring (bicyclic) bond motifs is 1. The van der Waals surface area contributed by atoms with Crippen LogP contribution in [-0.2, 0) is 30.4 Å². The maximum Gasteiger partial charge on any atom is 0.278 e. The zero-order chi connectivity index (χ0) is 25.6. The summed E-state index contributed by atoms with van der Waals surface area (Å²) in [6.45, 7) is 2.14. The van der Waals surface area contributed by atoms with Crippen molar-refractivity contribution in [2.45, 2.75) is 62.5 Å². The van der Waals surface area contributed by atoms with Gasteiger partial charge in [-0.15, -0.1) is 0 Å². The van der Waals surface area contributed by atoms with Gasteiger partial charge in [-0.1, -0.05) is 62.7 Å². The smallest absolute Gasteiger partial charge is 0.278 e. The molecule has 0 spiro atoms. The summed E-state index contributed by atoms with van der Waals surface area (Å²) < 4.78 is 56.0. The molecule has 1 aliphatic rings. The van der Waals surface area contributed by atoms with Gasteiger partial charge in [-0.05, 0) is 18.6 Å². The fourth-order valence-corrected chi connectivity index (χ4v) is 6.62. The van der Waals surface area contributed by atoms with Crippen molar-refractivity contribution in [1.29, 1.82) is 0 Å². The molecule has 12 heteroatoms. The first-order valence-corrected chi connectivity index (χ1v) is 14.8. The third-order valence-corrected chi connectivity index (χ3v) is 9.21. The fraction of sp³-hybridized carbons (Fsp3) is 0.478. The van der Waals surface area contributed by atoms with Gasteiger partial charge in [0.1, 0.15) is 5.75 Å². The number of likely N-dealkylation sites (N-methyl/N-ethyl adjacent to an activating group) is 1. The Kier molecular flexibility index (Phi) is 8.60. The number of nitrogens with zero attached hydrogens (tertiary/aromatic N) is 2. The number of unbranched alkanes of at least 4 members (excludes halogenated alkanes) is 6. The molecule has 0 aliphatic carbocycles. The molecule has 1 amide bonds. The van der Waals surface area contributed by atoms with Crippen LogP contribution in [0.25, 0.3) is 5.76 Å². The zero-order valence-electron chi connectivity index (χ0n) is 19.9. The normalized spacial score (nSPS) is 15.2. The van der Waals surface area contributed by atoms with Crippen LogP contribution in [0.3, 0.4) is 0 Å². The van der Waals surface area contributed by atoms with Gasteiger partial charge in [-0.25, -0.2) is 16.8 Å². The number of aliphatic hydroxyl groups is 1. The van der Waals surface area contributed by atoms with Crippen LogP contribution in [0.15, 0.2) is 45.4 Å². The maximum absolute atomic E-state index is 12.8. The number of hydrogen-bond acceptors (Lipinski definition) is 8. The monoisotopic (exact) mass is 525 g/mol. The third-order valence-electron chi connectivity index (χ3n) is 5.76. The largest absolute Gasteiger partial charge is 0.505 e. The number of nitrogens with one attached hydrogen (secondary N) is 1. The van der Waals surface area contributed by atoms with Crippen LogP contribution in [0.2, 0.25) is 0 Å². The molecule has 2 heterocycles. The second-order valence-corrected chi connectivity index (χ2v) is 12.6. The van der Waals surface area contributed by atoms with E-state index in [1.807, 2.05) is 0 Å². The average Bonchev–Trinajstić information content (AvgIpc) is 3.23. The Hall–Kier alpha value is -2.86. The SMILES string of the molecule is CCCCCCCCCS(=O)(=O)Cc1cc(NC(=O)C2=C(O)c3ccccc3S(=O)(=O)N2C)no1. The fourth-order valence-electron chi connectivity index (χ4n) is 3.87. The molecule has 192 valence electrons. The number of benzene rings is 1. The highest BCUT2D eigenvalue weighted by Gasteiger charge is 2.38. The van der Waals surface area contributed by atoms with Crippen molar-refractivity contribution in [2.24, 2.45) is 0 Å². The number of amides is 1. The van der Waals surface area contributed by atoms with E-state index in [4.69, 9.17) is 4.52 Å². The Morgan fingerprint density at radius 1 is 1.11 bits per heavy atom.